The van der Waals surface area contributed by atoms with Crippen molar-refractivity contribution >= 4 is 35.8 Å². The second-order valence-corrected chi connectivity index (χ2v) is 8.15. The summed E-state index contributed by atoms with van der Waals surface area (Å²) in [5.41, 5.74) is 3.86. The molecule has 2 aliphatic rings. The van der Waals surface area contributed by atoms with Gasteiger partial charge in [-0.05, 0) is 61.9 Å². The molecule has 1 saturated heterocycles. The number of nitrogens with zero attached hydrogens (tertiary/aromatic N) is 3. The molecule has 3 heterocycles. The molecule has 4 rings (SSSR count). The maximum absolute atomic E-state index is 5.60. The fraction of sp³-hybridized carbons (Fsp3) is 0.500. The molecular weight excluding hydrogens is 501 g/mol. The number of aliphatic imine (C=N–C) groups is 1. The third-order valence-electron chi connectivity index (χ3n) is 5.82. The lowest BCUT2D eigenvalue weighted by atomic mass is 10.1. The molecule has 0 unspecified atom stereocenters. The molecule has 0 atom stereocenters. The molecule has 6 nitrogen and oxygen atoms in total. The summed E-state index contributed by atoms with van der Waals surface area (Å²) in [5.74, 6) is 3.05. The number of nitrogens with one attached hydrogen (secondary N) is 2. The minimum absolute atomic E-state index is 0. The molecule has 7 heteroatoms. The molecule has 1 aromatic heterocycles. The minimum Gasteiger partial charge on any atom is -0.493 e. The lowest BCUT2D eigenvalue weighted by Crippen LogP contribution is -2.49. The van der Waals surface area contributed by atoms with Crippen LogP contribution >= 0.6 is 24.0 Å². The van der Waals surface area contributed by atoms with Crippen molar-refractivity contribution in [1.29, 1.82) is 0 Å². The Morgan fingerprint density at radius 3 is 2.81 bits per heavy atom. The lowest BCUT2D eigenvalue weighted by molar-refractivity contribution is 0.357. The SMILES string of the molecule is CCNC(=NCCc1ccc2c(c1)CCO2)NC1CCN(c2ccc(C)cn2)CC1.I. The van der Waals surface area contributed by atoms with Gasteiger partial charge in [-0.2, -0.15) is 0 Å². The smallest absolute Gasteiger partial charge is 0.191 e. The van der Waals surface area contributed by atoms with E-state index in [1.54, 1.807) is 0 Å². The minimum atomic E-state index is 0. The molecule has 2 aromatic rings. The highest BCUT2D eigenvalue weighted by Gasteiger charge is 2.21. The molecule has 0 aliphatic carbocycles. The largest absolute Gasteiger partial charge is 0.493 e. The van der Waals surface area contributed by atoms with Crippen LogP contribution in [0.25, 0.3) is 0 Å². The van der Waals surface area contributed by atoms with Crippen molar-refractivity contribution in [3.05, 3.63) is 53.2 Å². The van der Waals surface area contributed by atoms with Crippen LogP contribution in [0.4, 0.5) is 5.82 Å². The van der Waals surface area contributed by atoms with Gasteiger partial charge in [-0.3, -0.25) is 4.99 Å². The second-order valence-electron chi connectivity index (χ2n) is 8.15. The van der Waals surface area contributed by atoms with E-state index in [0.717, 1.165) is 76.0 Å². The Morgan fingerprint density at radius 1 is 1.23 bits per heavy atom. The van der Waals surface area contributed by atoms with Gasteiger partial charge < -0.3 is 20.3 Å². The van der Waals surface area contributed by atoms with Gasteiger partial charge in [0.2, 0.25) is 0 Å². The predicted octanol–water partition coefficient (Wildman–Crippen LogP) is 3.71. The summed E-state index contributed by atoms with van der Waals surface area (Å²) in [6.07, 6.45) is 6.09. The Labute approximate surface area is 202 Å². The maximum atomic E-state index is 5.60. The number of fused-ring (bicyclic) bond motifs is 1. The summed E-state index contributed by atoms with van der Waals surface area (Å²) < 4.78 is 5.60. The number of aryl methyl sites for hydroxylation is 1. The van der Waals surface area contributed by atoms with Gasteiger partial charge in [0.25, 0.3) is 0 Å². The van der Waals surface area contributed by atoms with E-state index in [-0.39, 0.29) is 24.0 Å². The number of aromatic nitrogens is 1. The number of hydrogen-bond acceptors (Lipinski definition) is 4. The molecule has 0 bridgehead atoms. The summed E-state index contributed by atoms with van der Waals surface area (Å²) in [5, 5.41) is 7.04. The highest BCUT2D eigenvalue weighted by atomic mass is 127. The van der Waals surface area contributed by atoms with Crippen molar-refractivity contribution in [2.45, 2.75) is 45.6 Å². The number of hydrogen-bond donors (Lipinski definition) is 2. The Balaban J connectivity index is 0.00000272. The monoisotopic (exact) mass is 535 g/mol. The molecule has 31 heavy (non-hydrogen) atoms. The number of anilines is 1. The Hall–Kier alpha value is -2.03. The number of pyridine rings is 1. The normalized spacial score (nSPS) is 16.3. The predicted molar refractivity (Wildman–Crippen MR) is 138 cm³/mol. The summed E-state index contributed by atoms with van der Waals surface area (Å²) in [6, 6.07) is 11.2. The first-order valence-corrected chi connectivity index (χ1v) is 11.2. The van der Waals surface area contributed by atoms with Crippen LogP contribution in [0.2, 0.25) is 0 Å². The van der Waals surface area contributed by atoms with Crippen LogP contribution in [-0.2, 0) is 12.8 Å². The zero-order valence-electron chi connectivity index (χ0n) is 18.6. The number of rotatable bonds is 6. The standard InChI is InChI=1S/C24H33N5O.HI/c1-3-25-24(26-12-8-19-5-6-22-20(16-19)11-15-30-22)28-21-9-13-29(14-10-21)23-7-4-18(2)17-27-23;/h4-7,16-17,21H,3,8-15H2,1-2H3,(H2,25,26,28);1H. The van der Waals surface area contributed by atoms with Gasteiger partial charge in [-0.1, -0.05) is 18.2 Å². The zero-order valence-corrected chi connectivity index (χ0v) is 20.9. The topological polar surface area (TPSA) is 61.8 Å². The maximum Gasteiger partial charge on any atom is 0.191 e. The molecule has 0 amide bonds. The van der Waals surface area contributed by atoms with E-state index >= 15 is 0 Å². The van der Waals surface area contributed by atoms with Gasteiger partial charge in [-0.15, -0.1) is 24.0 Å². The van der Waals surface area contributed by atoms with Crippen molar-refractivity contribution in [1.82, 2.24) is 15.6 Å². The van der Waals surface area contributed by atoms with Crippen molar-refractivity contribution in [3.63, 3.8) is 0 Å². The average molecular weight is 535 g/mol. The van der Waals surface area contributed by atoms with Crippen molar-refractivity contribution < 1.29 is 4.74 Å². The van der Waals surface area contributed by atoms with Gasteiger partial charge in [0.1, 0.15) is 11.6 Å². The van der Waals surface area contributed by atoms with E-state index in [0.29, 0.717) is 6.04 Å². The summed E-state index contributed by atoms with van der Waals surface area (Å²) in [7, 11) is 0. The van der Waals surface area contributed by atoms with Crippen LogP contribution in [0.3, 0.4) is 0 Å². The van der Waals surface area contributed by atoms with Gasteiger partial charge in [0.15, 0.2) is 5.96 Å². The number of piperidine rings is 1. The summed E-state index contributed by atoms with van der Waals surface area (Å²) >= 11 is 0. The Kier molecular flexibility index (Phi) is 8.80. The lowest BCUT2D eigenvalue weighted by Gasteiger charge is -2.33. The number of guanidine groups is 1. The molecule has 1 aromatic carbocycles. The van der Waals surface area contributed by atoms with Crippen LogP contribution < -0.4 is 20.3 Å². The van der Waals surface area contributed by atoms with E-state index in [2.05, 4.69) is 64.7 Å². The molecule has 0 saturated carbocycles. The summed E-state index contributed by atoms with van der Waals surface area (Å²) in [6.45, 7) is 8.69. The zero-order chi connectivity index (χ0) is 20.8. The first-order chi connectivity index (χ1) is 14.7. The molecule has 0 radical (unpaired) electrons. The first-order valence-electron chi connectivity index (χ1n) is 11.2. The van der Waals surface area contributed by atoms with Gasteiger partial charge in [-0.25, -0.2) is 4.98 Å². The van der Waals surface area contributed by atoms with Crippen LogP contribution in [0.5, 0.6) is 5.75 Å². The third-order valence-corrected chi connectivity index (χ3v) is 5.82. The summed E-state index contributed by atoms with van der Waals surface area (Å²) in [4.78, 5) is 11.8. The Bertz CT molecular complexity index is 863. The molecule has 168 valence electrons. The Morgan fingerprint density at radius 2 is 2.06 bits per heavy atom. The molecular formula is C24H34IN5O. The fourth-order valence-electron chi connectivity index (χ4n) is 4.11. The van der Waals surface area contributed by atoms with Crippen LogP contribution in [0, 0.1) is 6.92 Å². The molecule has 2 N–H and O–H groups in total. The van der Waals surface area contributed by atoms with E-state index < -0.39 is 0 Å². The van der Waals surface area contributed by atoms with Crippen molar-refractivity contribution in [2.24, 2.45) is 4.99 Å². The van der Waals surface area contributed by atoms with E-state index in [9.17, 15) is 0 Å². The van der Waals surface area contributed by atoms with Crippen LogP contribution in [-0.4, -0.2) is 49.8 Å². The quantitative estimate of drug-likeness (QED) is 0.336. The van der Waals surface area contributed by atoms with Gasteiger partial charge in [0.05, 0.1) is 6.61 Å². The second kappa shape index (κ2) is 11.5. The van der Waals surface area contributed by atoms with E-state index in [1.165, 1.54) is 16.7 Å². The van der Waals surface area contributed by atoms with Crippen molar-refractivity contribution in [2.75, 3.05) is 37.7 Å². The molecule has 2 aliphatic heterocycles. The van der Waals surface area contributed by atoms with E-state index in [4.69, 9.17) is 9.73 Å². The third kappa shape index (κ3) is 6.48. The average Bonchev–Trinajstić information content (AvgIpc) is 3.23. The van der Waals surface area contributed by atoms with Crippen molar-refractivity contribution in [3.8, 4) is 5.75 Å². The fourth-order valence-corrected chi connectivity index (χ4v) is 4.11. The number of halogens is 1. The molecule has 1 fully saturated rings. The van der Waals surface area contributed by atoms with E-state index in [1.807, 2.05) is 6.20 Å². The molecule has 0 spiro atoms. The van der Waals surface area contributed by atoms with Gasteiger partial charge in [0, 0.05) is 44.8 Å². The van der Waals surface area contributed by atoms with Crippen LogP contribution in [0.1, 0.15) is 36.5 Å². The first kappa shape index (κ1) is 23.6. The highest BCUT2D eigenvalue weighted by molar-refractivity contribution is 14.0. The van der Waals surface area contributed by atoms with Crippen LogP contribution in [0.15, 0.2) is 41.5 Å². The number of benzene rings is 1. The van der Waals surface area contributed by atoms with Gasteiger partial charge >= 0.3 is 0 Å². The highest BCUT2D eigenvalue weighted by Crippen LogP contribution is 2.26. The number of ether oxygens (including phenoxy) is 1.